The van der Waals surface area contributed by atoms with Gasteiger partial charge in [-0.3, -0.25) is 9.79 Å². The van der Waals surface area contributed by atoms with Crippen LogP contribution in [-0.2, 0) is 19.1 Å². The number of rotatable bonds is 3. The monoisotopic (exact) mass is 287 g/mol. The fourth-order valence-corrected chi connectivity index (χ4v) is 2.01. The normalized spacial score (nSPS) is 23.8. The maximum absolute atomic E-state index is 12.3. The average molecular weight is 287 g/mol. The Kier molecular flexibility index (Phi) is 4.87. The molecule has 0 amide bonds. The van der Waals surface area contributed by atoms with Crippen molar-refractivity contribution < 1.29 is 19.1 Å². The number of hydrogen-bond donors (Lipinski definition) is 0. The highest BCUT2D eigenvalue weighted by atomic mass is 16.5. The van der Waals surface area contributed by atoms with Crippen molar-refractivity contribution in [3.8, 4) is 0 Å². The highest BCUT2D eigenvalue weighted by Crippen LogP contribution is 2.22. The van der Waals surface area contributed by atoms with Crippen molar-refractivity contribution in [2.24, 2.45) is 10.9 Å². The summed E-state index contributed by atoms with van der Waals surface area (Å²) in [5.41, 5.74) is 0.0957. The number of ether oxygens (including phenoxy) is 2. The van der Waals surface area contributed by atoms with Gasteiger partial charge in [0, 0.05) is 6.42 Å². The quantitative estimate of drug-likeness (QED) is 0.589. The van der Waals surface area contributed by atoms with Crippen molar-refractivity contribution >= 4 is 17.7 Å². The molecule has 2 heterocycles. The van der Waals surface area contributed by atoms with E-state index in [9.17, 15) is 9.59 Å². The van der Waals surface area contributed by atoms with E-state index in [2.05, 4.69) is 4.99 Å². The average Bonchev–Trinajstić information content (AvgIpc) is 2.52. The van der Waals surface area contributed by atoms with Gasteiger partial charge in [0.25, 0.3) is 0 Å². The van der Waals surface area contributed by atoms with Gasteiger partial charge in [-0.25, -0.2) is 4.79 Å². The lowest BCUT2D eigenvalue weighted by Gasteiger charge is -2.18. The van der Waals surface area contributed by atoms with E-state index < -0.39 is 11.9 Å². The largest absolute Gasteiger partial charge is 0.481 e. The molecule has 2 aliphatic rings. The van der Waals surface area contributed by atoms with Crippen molar-refractivity contribution in [2.75, 3.05) is 13.7 Å². The lowest BCUT2D eigenvalue weighted by atomic mass is 9.94. The molecule has 2 aliphatic heterocycles. The number of carbonyl (C=O) groups is 2. The Hall–Kier alpha value is -2.43. The minimum absolute atomic E-state index is 0.0957. The fraction of sp³-hybridized carbons (Fsp3) is 0.312. The molecule has 0 bridgehead atoms. The van der Waals surface area contributed by atoms with Gasteiger partial charge in [-0.15, -0.1) is 0 Å². The summed E-state index contributed by atoms with van der Waals surface area (Å²) in [5.74, 6) is -0.287. The van der Waals surface area contributed by atoms with E-state index in [1.165, 1.54) is 7.11 Å². The Balaban J connectivity index is 2.08. The topological polar surface area (TPSA) is 65.0 Å². The van der Waals surface area contributed by atoms with Crippen LogP contribution in [0.15, 0.2) is 52.8 Å². The zero-order valence-electron chi connectivity index (χ0n) is 12.0. The van der Waals surface area contributed by atoms with Crippen LogP contribution in [0.2, 0.25) is 0 Å². The summed E-state index contributed by atoms with van der Waals surface area (Å²) >= 11 is 0. The molecule has 5 nitrogen and oxygen atoms in total. The molecule has 2 rings (SSSR count). The van der Waals surface area contributed by atoms with Crippen LogP contribution in [-0.4, -0.2) is 31.3 Å². The smallest absolute Gasteiger partial charge is 0.346 e. The maximum atomic E-state index is 12.3. The van der Waals surface area contributed by atoms with Crippen LogP contribution in [0.3, 0.4) is 0 Å². The van der Waals surface area contributed by atoms with Gasteiger partial charge in [-0.1, -0.05) is 24.3 Å². The van der Waals surface area contributed by atoms with Crippen LogP contribution in [0.1, 0.15) is 13.3 Å². The zero-order valence-corrected chi connectivity index (χ0v) is 12.0. The Morgan fingerprint density at radius 2 is 2.33 bits per heavy atom. The van der Waals surface area contributed by atoms with Crippen LogP contribution < -0.4 is 0 Å². The van der Waals surface area contributed by atoms with Crippen molar-refractivity contribution in [2.45, 2.75) is 13.3 Å². The molecule has 0 spiro atoms. The molecule has 0 saturated heterocycles. The molecule has 0 aromatic heterocycles. The Labute approximate surface area is 123 Å². The first-order chi connectivity index (χ1) is 10.2. The number of carbonyl (C=O) groups excluding carboxylic acids is 2. The lowest BCUT2D eigenvalue weighted by Crippen LogP contribution is -2.27. The van der Waals surface area contributed by atoms with Crippen LogP contribution in [0.4, 0.5) is 0 Å². The van der Waals surface area contributed by atoms with E-state index >= 15 is 0 Å². The molecular formula is C16H17NO4. The second-order valence-electron chi connectivity index (χ2n) is 4.58. The van der Waals surface area contributed by atoms with Crippen LogP contribution in [0, 0.1) is 5.92 Å². The summed E-state index contributed by atoms with van der Waals surface area (Å²) in [6.45, 7) is 2.15. The molecule has 110 valence electrons. The first-order valence-electron chi connectivity index (χ1n) is 6.70. The van der Waals surface area contributed by atoms with Gasteiger partial charge in [0.1, 0.15) is 11.3 Å². The number of ketones is 1. The molecule has 1 unspecified atom stereocenters. The van der Waals surface area contributed by atoms with Gasteiger partial charge in [-0.2, -0.15) is 0 Å². The minimum atomic E-state index is -0.600. The van der Waals surface area contributed by atoms with E-state index in [1.54, 1.807) is 30.4 Å². The van der Waals surface area contributed by atoms with Crippen molar-refractivity contribution in [1.82, 2.24) is 0 Å². The van der Waals surface area contributed by atoms with Crippen molar-refractivity contribution in [3.63, 3.8) is 0 Å². The SMILES string of the molecule is C/C=C\C=C1/CC=C(C(=O)C2C=CC(OC)=NC2)C(=O)O1. The Morgan fingerprint density at radius 3 is 2.90 bits per heavy atom. The summed E-state index contributed by atoms with van der Waals surface area (Å²) in [6, 6.07) is 0. The highest BCUT2D eigenvalue weighted by Gasteiger charge is 2.30. The fourth-order valence-electron chi connectivity index (χ4n) is 2.01. The molecule has 0 aliphatic carbocycles. The third kappa shape index (κ3) is 3.56. The maximum Gasteiger partial charge on any atom is 0.346 e. The van der Waals surface area contributed by atoms with E-state index in [-0.39, 0.29) is 17.9 Å². The standard InChI is InChI=1S/C16H17NO4/c1-3-4-5-12-7-8-13(16(19)21-12)15(18)11-6-9-14(20-2)17-10-11/h3-6,8-9,11H,7,10H2,1-2H3/b4-3-,12-5+. The number of allylic oxidation sites excluding steroid dienone is 4. The van der Waals surface area contributed by atoms with Crippen molar-refractivity contribution in [1.29, 1.82) is 0 Å². The summed E-state index contributed by atoms with van der Waals surface area (Å²) in [7, 11) is 1.52. The van der Waals surface area contributed by atoms with Crippen LogP contribution >= 0.6 is 0 Å². The molecule has 21 heavy (non-hydrogen) atoms. The van der Waals surface area contributed by atoms with Gasteiger partial charge in [0.15, 0.2) is 5.78 Å². The summed E-state index contributed by atoms with van der Waals surface area (Å²) in [4.78, 5) is 28.3. The van der Waals surface area contributed by atoms with Gasteiger partial charge >= 0.3 is 5.97 Å². The predicted molar refractivity (Wildman–Crippen MR) is 78.6 cm³/mol. The lowest BCUT2D eigenvalue weighted by molar-refractivity contribution is -0.138. The van der Waals surface area contributed by atoms with Gasteiger partial charge in [0.2, 0.25) is 5.90 Å². The summed E-state index contributed by atoms with van der Waals surface area (Å²) in [5, 5.41) is 0. The second-order valence-corrected chi connectivity index (χ2v) is 4.58. The molecule has 0 aromatic carbocycles. The zero-order chi connectivity index (χ0) is 15.2. The number of esters is 1. The molecule has 0 radical (unpaired) electrons. The summed E-state index contributed by atoms with van der Waals surface area (Å²) < 4.78 is 10.1. The number of Topliss-reactive ketones (excluding diaryl/α,β-unsaturated/α-hetero) is 1. The first-order valence-corrected chi connectivity index (χ1v) is 6.70. The number of methoxy groups -OCH3 is 1. The first kappa shape index (κ1) is 15.0. The van der Waals surface area contributed by atoms with Crippen molar-refractivity contribution in [3.05, 3.63) is 47.8 Å². The number of cyclic esters (lactones) is 1. The third-order valence-electron chi connectivity index (χ3n) is 3.15. The Morgan fingerprint density at radius 1 is 1.52 bits per heavy atom. The Bertz CT molecular complexity index is 593. The van der Waals surface area contributed by atoms with E-state index in [0.29, 0.717) is 18.1 Å². The number of hydrogen-bond acceptors (Lipinski definition) is 5. The predicted octanol–water partition coefficient (Wildman–Crippen LogP) is 2.12. The molecule has 0 saturated carbocycles. The van der Waals surface area contributed by atoms with E-state index in [4.69, 9.17) is 9.47 Å². The van der Waals surface area contributed by atoms with E-state index in [0.717, 1.165) is 0 Å². The van der Waals surface area contributed by atoms with E-state index in [1.807, 2.05) is 13.0 Å². The minimum Gasteiger partial charge on any atom is -0.481 e. The molecule has 1 atom stereocenters. The van der Waals surface area contributed by atoms with Crippen LogP contribution in [0.25, 0.3) is 0 Å². The molecular weight excluding hydrogens is 270 g/mol. The second kappa shape index (κ2) is 6.83. The molecule has 0 aromatic rings. The molecule has 5 heteroatoms. The summed E-state index contributed by atoms with van der Waals surface area (Å²) in [6.07, 6.45) is 10.7. The van der Waals surface area contributed by atoms with Gasteiger partial charge in [0.05, 0.1) is 19.6 Å². The van der Waals surface area contributed by atoms with Crippen LogP contribution in [0.5, 0.6) is 0 Å². The molecule has 0 N–H and O–H groups in total. The third-order valence-corrected chi connectivity index (χ3v) is 3.15. The number of aliphatic imine (C=N–C) groups is 1. The molecule has 0 fully saturated rings. The van der Waals surface area contributed by atoms with Gasteiger partial charge < -0.3 is 9.47 Å². The van der Waals surface area contributed by atoms with Gasteiger partial charge in [-0.05, 0) is 19.1 Å². The number of dihydropyridines is 1. The number of nitrogens with zero attached hydrogens (tertiary/aromatic N) is 1. The highest BCUT2D eigenvalue weighted by molar-refractivity contribution is 6.19.